The molecule has 156 valence electrons. The number of imidazole rings is 1. The van der Waals surface area contributed by atoms with Crippen LogP contribution in [0, 0.1) is 0 Å². The molecule has 1 N–H and O–H groups in total. The molecular weight excluding hydrogens is 386 g/mol. The van der Waals surface area contributed by atoms with Crippen molar-refractivity contribution in [3.05, 3.63) is 78.1 Å². The monoisotopic (exact) mass is 411 g/mol. The van der Waals surface area contributed by atoms with Gasteiger partial charge in [0.25, 0.3) is 0 Å². The number of aromatic carboxylic acids is 1. The van der Waals surface area contributed by atoms with E-state index in [9.17, 15) is 9.90 Å². The third kappa shape index (κ3) is 3.84. The zero-order chi connectivity index (χ0) is 21.4. The van der Waals surface area contributed by atoms with Crippen molar-refractivity contribution in [2.24, 2.45) is 7.05 Å². The summed E-state index contributed by atoms with van der Waals surface area (Å²) < 4.78 is 1.85. The number of hydrogen-bond donors (Lipinski definition) is 1. The third-order valence-electron chi connectivity index (χ3n) is 6.14. The molecule has 1 saturated heterocycles. The lowest BCUT2D eigenvalue weighted by Crippen LogP contribution is -2.18. The van der Waals surface area contributed by atoms with Crippen LogP contribution in [0.4, 0.5) is 0 Å². The first-order chi connectivity index (χ1) is 15.1. The molecule has 5 nitrogen and oxygen atoms in total. The van der Waals surface area contributed by atoms with Crippen LogP contribution in [0.3, 0.4) is 0 Å². The molecule has 0 unspecified atom stereocenters. The van der Waals surface area contributed by atoms with Gasteiger partial charge in [-0.15, -0.1) is 0 Å². The van der Waals surface area contributed by atoms with Gasteiger partial charge in [-0.3, -0.25) is 4.90 Å². The number of rotatable bonds is 5. The van der Waals surface area contributed by atoms with Gasteiger partial charge in [0.2, 0.25) is 0 Å². The van der Waals surface area contributed by atoms with E-state index in [2.05, 4.69) is 58.4 Å². The maximum Gasteiger partial charge on any atom is 0.337 e. The Labute approximate surface area is 181 Å². The third-order valence-corrected chi connectivity index (χ3v) is 6.14. The number of hydrogen-bond acceptors (Lipinski definition) is 3. The van der Waals surface area contributed by atoms with Gasteiger partial charge in [0, 0.05) is 13.6 Å². The van der Waals surface area contributed by atoms with Crippen LogP contribution in [-0.2, 0) is 13.6 Å². The van der Waals surface area contributed by atoms with Crippen molar-refractivity contribution in [2.45, 2.75) is 19.4 Å². The van der Waals surface area contributed by atoms with Gasteiger partial charge in [0.15, 0.2) is 0 Å². The fourth-order valence-electron chi connectivity index (χ4n) is 4.46. The highest BCUT2D eigenvalue weighted by molar-refractivity contribution is 6.03. The summed E-state index contributed by atoms with van der Waals surface area (Å²) in [4.78, 5) is 18.5. The van der Waals surface area contributed by atoms with Gasteiger partial charge in [-0.25, -0.2) is 9.78 Å². The Bertz CT molecular complexity index is 1250. The minimum atomic E-state index is -0.961. The van der Waals surface area contributed by atoms with E-state index < -0.39 is 5.97 Å². The summed E-state index contributed by atoms with van der Waals surface area (Å²) in [6.07, 6.45) is 4.25. The van der Waals surface area contributed by atoms with Crippen molar-refractivity contribution in [3.8, 4) is 22.3 Å². The Morgan fingerprint density at radius 3 is 2.35 bits per heavy atom. The molecule has 0 aliphatic carbocycles. The first-order valence-corrected chi connectivity index (χ1v) is 10.7. The second-order valence-corrected chi connectivity index (χ2v) is 8.31. The summed E-state index contributed by atoms with van der Waals surface area (Å²) in [5, 5.41) is 9.63. The highest BCUT2D eigenvalue weighted by Gasteiger charge is 2.15. The SMILES string of the molecule is Cn1cnc2c(C(=O)O)cc(-c3ccc(-c4cccc(CN5CCCC5)c4)cc3)cc21. The Morgan fingerprint density at radius 2 is 1.65 bits per heavy atom. The highest BCUT2D eigenvalue weighted by Crippen LogP contribution is 2.30. The summed E-state index contributed by atoms with van der Waals surface area (Å²) in [6.45, 7) is 3.39. The van der Waals surface area contributed by atoms with Crippen molar-refractivity contribution in [1.82, 2.24) is 14.5 Å². The van der Waals surface area contributed by atoms with E-state index in [1.165, 1.54) is 37.1 Å². The standard InChI is InChI=1S/C26H25N3O2/c1-28-17-27-25-23(26(30)31)14-22(15-24(25)28)20-9-7-19(8-10-20)21-6-4-5-18(13-21)16-29-11-2-3-12-29/h4-10,13-15,17H,2-3,11-12,16H2,1H3,(H,30,31). The quantitative estimate of drug-likeness (QED) is 0.490. The lowest BCUT2D eigenvalue weighted by Gasteiger charge is -2.15. The number of fused-ring (bicyclic) bond motifs is 1. The van der Waals surface area contributed by atoms with E-state index >= 15 is 0 Å². The van der Waals surface area contributed by atoms with Crippen molar-refractivity contribution in [1.29, 1.82) is 0 Å². The van der Waals surface area contributed by atoms with Crippen LogP contribution < -0.4 is 0 Å². The zero-order valence-electron chi connectivity index (χ0n) is 17.6. The molecule has 2 heterocycles. The second kappa shape index (κ2) is 8.00. The summed E-state index contributed by atoms with van der Waals surface area (Å²) in [5.41, 5.74) is 7.14. The van der Waals surface area contributed by atoms with E-state index in [1.807, 2.05) is 17.7 Å². The normalized spacial score (nSPS) is 14.4. The number of carboxylic acid groups (broad SMARTS) is 1. The van der Waals surface area contributed by atoms with E-state index in [4.69, 9.17) is 0 Å². The summed E-state index contributed by atoms with van der Waals surface area (Å²) in [7, 11) is 1.88. The van der Waals surface area contributed by atoms with Crippen LogP contribution in [0.25, 0.3) is 33.3 Å². The van der Waals surface area contributed by atoms with Crippen molar-refractivity contribution >= 4 is 17.0 Å². The minimum absolute atomic E-state index is 0.229. The zero-order valence-corrected chi connectivity index (χ0v) is 17.6. The van der Waals surface area contributed by atoms with Crippen LogP contribution in [-0.4, -0.2) is 38.6 Å². The van der Waals surface area contributed by atoms with E-state index in [1.54, 1.807) is 12.4 Å². The number of benzene rings is 3. The lowest BCUT2D eigenvalue weighted by molar-refractivity contribution is 0.0699. The smallest absolute Gasteiger partial charge is 0.337 e. The Kier molecular flexibility index (Phi) is 5.04. The Morgan fingerprint density at radius 1 is 0.935 bits per heavy atom. The van der Waals surface area contributed by atoms with Crippen molar-refractivity contribution in [3.63, 3.8) is 0 Å². The molecule has 0 radical (unpaired) electrons. The molecule has 1 aliphatic heterocycles. The van der Waals surface area contributed by atoms with Gasteiger partial charge >= 0.3 is 5.97 Å². The molecule has 1 fully saturated rings. The van der Waals surface area contributed by atoms with E-state index in [0.29, 0.717) is 5.52 Å². The molecule has 0 saturated carbocycles. The van der Waals surface area contributed by atoms with Crippen LogP contribution in [0.1, 0.15) is 28.8 Å². The molecule has 3 aromatic carbocycles. The first kappa shape index (κ1) is 19.5. The molecule has 0 spiro atoms. The molecule has 5 heteroatoms. The summed E-state index contributed by atoms with van der Waals surface area (Å²) in [6, 6.07) is 20.8. The maximum absolute atomic E-state index is 11.7. The molecule has 0 atom stereocenters. The topological polar surface area (TPSA) is 58.4 Å². The number of aromatic nitrogens is 2. The fraction of sp³-hybridized carbons (Fsp3) is 0.231. The predicted octanol–water partition coefficient (Wildman–Crippen LogP) is 5.20. The largest absolute Gasteiger partial charge is 0.478 e. The van der Waals surface area contributed by atoms with Crippen LogP contribution in [0.5, 0.6) is 0 Å². The molecule has 31 heavy (non-hydrogen) atoms. The van der Waals surface area contributed by atoms with Crippen molar-refractivity contribution < 1.29 is 9.90 Å². The van der Waals surface area contributed by atoms with Gasteiger partial charge in [0.1, 0.15) is 5.52 Å². The van der Waals surface area contributed by atoms with Crippen LogP contribution >= 0.6 is 0 Å². The maximum atomic E-state index is 11.7. The Balaban J connectivity index is 1.45. The first-order valence-electron chi connectivity index (χ1n) is 10.7. The molecule has 1 aromatic heterocycles. The minimum Gasteiger partial charge on any atom is -0.478 e. The fourth-order valence-corrected chi connectivity index (χ4v) is 4.46. The number of nitrogens with zero attached hydrogens (tertiary/aromatic N) is 3. The van der Waals surface area contributed by atoms with Gasteiger partial charge in [-0.1, -0.05) is 42.5 Å². The predicted molar refractivity (Wildman–Crippen MR) is 123 cm³/mol. The average Bonchev–Trinajstić information content (AvgIpc) is 3.43. The molecule has 0 bridgehead atoms. The average molecular weight is 412 g/mol. The molecule has 4 aromatic rings. The molecule has 0 amide bonds. The van der Waals surface area contributed by atoms with Crippen LogP contribution in [0.2, 0.25) is 0 Å². The molecule has 5 rings (SSSR count). The van der Waals surface area contributed by atoms with E-state index in [0.717, 1.165) is 28.8 Å². The van der Waals surface area contributed by atoms with Gasteiger partial charge in [-0.05, 0) is 71.9 Å². The highest BCUT2D eigenvalue weighted by atomic mass is 16.4. The van der Waals surface area contributed by atoms with Crippen LogP contribution in [0.15, 0.2) is 67.0 Å². The van der Waals surface area contributed by atoms with Gasteiger partial charge < -0.3 is 9.67 Å². The number of carboxylic acids is 1. The molecular formula is C26H25N3O2. The number of aryl methyl sites for hydroxylation is 1. The summed E-state index contributed by atoms with van der Waals surface area (Å²) in [5.74, 6) is -0.961. The van der Waals surface area contributed by atoms with Gasteiger partial charge in [0.05, 0.1) is 17.4 Å². The molecule has 1 aliphatic rings. The summed E-state index contributed by atoms with van der Waals surface area (Å²) >= 11 is 0. The van der Waals surface area contributed by atoms with Gasteiger partial charge in [-0.2, -0.15) is 0 Å². The second-order valence-electron chi connectivity index (χ2n) is 8.31. The van der Waals surface area contributed by atoms with Crippen molar-refractivity contribution in [2.75, 3.05) is 13.1 Å². The number of likely N-dealkylation sites (tertiary alicyclic amines) is 1. The Hall–Kier alpha value is -3.44. The number of carbonyl (C=O) groups is 1. The van der Waals surface area contributed by atoms with E-state index in [-0.39, 0.29) is 5.56 Å². The lowest BCUT2D eigenvalue weighted by atomic mass is 9.97.